The zero-order chi connectivity index (χ0) is 10.9. The van der Waals surface area contributed by atoms with Crippen LogP contribution < -0.4 is 5.32 Å². The molecule has 0 radical (unpaired) electrons. The smallest absolute Gasteiger partial charge is 0.316 e. The van der Waals surface area contributed by atoms with Crippen LogP contribution in [0.3, 0.4) is 0 Å². The Balaban J connectivity index is 2.56. The molecule has 1 N–H and O–H groups in total. The molecule has 0 amide bonds. The Morgan fingerprint density at radius 2 is 2.13 bits per heavy atom. The Morgan fingerprint density at radius 1 is 1.33 bits per heavy atom. The Labute approximate surface area is 86.8 Å². The summed E-state index contributed by atoms with van der Waals surface area (Å²) in [6, 6.07) is 4.41. The number of nitroso groups, excluding NO2 is 1. The molecular weight excluding hydrogens is 216 g/mol. The van der Waals surface area contributed by atoms with Crippen molar-refractivity contribution in [3.63, 3.8) is 0 Å². The number of hydrogen-bond donors (Lipinski definition) is 1. The fraction of sp³-hybridized carbons (Fsp3) is 0.111. The van der Waals surface area contributed by atoms with Gasteiger partial charge in [-0.3, -0.25) is 0 Å². The maximum atomic E-state index is 11.2. The van der Waals surface area contributed by atoms with Crippen molar-refractivity contribution >= 4 is 21.8 Å². The number of nitrogens with one attached hydrogen (secondary N) is 1. The largest absolute Gasteiger partial charge is 0.381 e. The minimum Gasteiger partial charge on any atom is -0.381 e. The van der Waals surface area contributed by atoms with Gasteiger partial charge in [-0.25, -0.2) is 0 Å². The number of hydrogen-bond acceptors (Lipinski definition) is 4. The average Bonchev–Trinajstić information content (AvgIpc) is 2.28. The number of sulfonamides is 1. The molecule has 1 aliphatic heterocycles. The van der Waals surface area contributed by atoms with Crippen LogP contribution in [0, 0.1) is 4.91 Å². The summed E-state index contributed by atoms with van der Waals surface area (Å²) in [5.41, 5.74) is 1.59. The Morgan fingerprint density at radius 3 is 2.87 bits per heavy atom. The summed E-state index contributed by atoms with van der Waals surface area (Å²) in [5, 5.41) is 3.07. The highest BCUT2D eigenvalue weighted by molar-refractivity contribution is 7.90. The van der Waals surface area contributed by atoms with Gasteiger partial charge in [-0.05, 0) is 23.8 Å². The molecular formula is C9H8N2O3S. The molecule has 0 saturated carbocycles. The van der Waals surface area contributed by atoms with Crippen LogP contribution in [0.5, 0.6) is 0 Å². The maximum absolute atomic E-state index is 11.2. The van der Waals surface area contributed by atoms with Gasteiger partial charge in [0.05, 0.1) is 9.48 Å². The van der Waals surface area contributed by atoms with E-state index in [2.05, 4.69) is 9.90 Å². The Bertz CT molecular complexity index is 534. The molecule has 1 aliphatic rings. The van der Waals surface area contributed by atoms with Gasteiger partial charge in [0.2, 0.25) is 0 Å². The first-order chi connectivity index (χ1) is 7.13. The van der Waals surface area contributed by atoms with Gasteiger partial charge in [-0.2, -0.15) is 8.42 Å². The Hall–Kier alpha value is -1.69. The predicted molar refractivity (Wildman–Crippen MR) is 56.9 cm³/mol. The average molecular weight is 224 g/mol. The van der Waals surface area contributed by atoms with Crippen molar-refractivity contribution in [3.8, 4) is 0 Å². The van der Waals surface area contributed by atoms with Gasteiger partial charge in [0.1, 0.15) is 0 Å². The predicted octanol–water partition coefficient (Wildman–Crippen LogP) is 1.58. The van der Waals surface area contributed by atoms with Gasteiger partial charge in [-0.15, -0.1) is 4.91 Å². The van der Waals surface area contributed by atoms with E-state index in [1.807, 2.05) is 6.08 Å². The van der Waals surface area contributed by atoms with Crippen molar-refractivity contribution in [2.24, 2.45) is 4.58 Å². The van der Waals surface area contributed by atoms with Gasteiger partial charge in [0.15, 0.2) is 0 Å². The highest BCUT2D eigenvalue weighted by Gasteiger charge is 2.16. The lowest BCUT2D eigenvalue weighted by molar-refractivity contribution is 0.597. The number of rotatable bonds is 2. The van der Waals surface area contributed by atoms with Crippen molar-refractivity contribution < 1.29 is 8.42 Å². The van der Waals surface area contributed by atoms with E-state index in [4.69, 9.17) is 0 Å². The number of fused-ring (bicyclic) bond motifs is 1. The SMILES string of the molecule is O=NS(=O)(=O)c1ccc2c(c1)C=CCN2. The lowest BCUT2D eigenvalue weighted by Gasteiger charge is -2.12. The number of nitrogens with zero attached hydrogens (tertiary/aromatic N) is 1. The molecule has 0 aliphatic carbocycles. The van der Waals surface area contributed by atoms with Crippen molar-refractivity contribution in [3.05, 3.63) is 34.7 Å². The van der Waals surface area contributed by atoms with E-state index in [1.165, 1.54) is 12.1 Å². The molecule has 2 rings (SSSR count). The normalized spacial score (nSPS) is 14.1. The fourth-order valence-corrected chi connectivity index (χ4v) is 2.00. The zero-order valence-electron chi connectivity index (χ0n) is 7.67. The van der Waals surface area contributed by atoms with Gasteiger partial charge in [0, 0.05) is 12.2 Å². The third-order valence-electron chi connectivity index (χ3n) is 2.13. The zero-order valence-corrected chi connectivity index (χ0v) is 8.49. The molecule has 1 aromatic rings. The van der Waals surface area contributed by atoms with E-state index in [-0.39, 0.29) is 4.90 Å². The topological polar surface area (TPSA) is 75.6 Å². The molecule has 0 bridgehead atoms. The van der Waals surface area contributed by atoms with Crippen molar-refractivity contribution in [2.75, 3.05) is 11.9 Å². The highest BCUT2D eigenvalue weighted by Crippen LogP contribution is 2.24. The molecule has 5 nitrogen and oxygen atoms in total. The standard InChI is InChI=1S/C9H8N2O3S/c12-11-15(13,14)8-3-4-9-7(6-8)2-1-5-10-9/h1-4,6,10H,5H2. The van der Waals surface area contributed by atoms with Crippen LogP contribution in [-0.2, 0) is 10.0 Å². The van der Waals surface area contributed by atoms with Gasteiger partial charge >= 0.3 is 10.0 Å². The lowest BCUT2D eigenvalue weighted by Crippen LogP contribution is -2.05. The molecule has 0 aromatic heterocycles. The van der Waals surface area contributed by atoms with E-state index in [9.17, 15) is 13.3 Å². The number of anilines is 1. The van der Waals surface area contributed by atoms with E-state index in [0.717, 1.165) is 11.3 Å². The van der Waals surface area contributed by atoms with Crippen LogP contribution in [0.1, 0.15) is 5.56 Å². The molecule has 0 atom stereocenters. The third kappa shape index (κ3) is 1.75. The molecule has 0 fully saturated rings. The summed E-state index contributed by atoms with van der Waals surface area (Å²) in [7, 11) is -4.02. The van der Waals surface area contributed by atoms with Crippen LogP contribution in [0.15, 0.2) is 33.8 Å². The van der Waals surface area contributed by atoms with Crippen molar-refractivity contribution in [1.29, 1.82) is 0 Å². The summed E-state index contributed by atoms with van der Waals surface area (Å²) in [6.45, 7) is 0.713. The summed E-state index contributed by atoms with van der Waals surface area (Å²) in [5.74, 6) is 0. The molecule has 0 spiro atoms. The van der Waals surface area contributed by atoms with E-state index in [1.54, 1.807) is 12.1 Å². The summed E-state index contributed by atoms with van der Waals surface area (Å²) < 4.78 is 24.4. The fourth-order valence-electron chi connectivity index (χ4n) is 1.40. The van der Waals surface area contributed by atoms with E-state index >= 15 is 0 Å². The van der Waals surface area contributed by atoms with Crippen molar-refractivity contribution in [2.45, 2.75) is 4.90 Å². The quantitative estimate of drug-likeness (QED) is 0.774. The minimum atomic E-state index is -4.02. The molecule has 6 heteroatoms. The monoisotopic (exact) mass is 224 g/mol. The molecule has 0 saturated heterocycles. The van der Waals surface area contributed by atoms with Crippen LogP contribution in [-0.4, -0.2) is 15.0 Å². The number of benzene rings is 1. The maximum Gasteiger partial charge on any atom is 0.316 e. The first-order valence-corrected chi connectivity index (χ1v) is 5.71. The highest BCUT2D eigenvalue weighted by atomic mass is 32.2. The minimum absolute atomic E-state index is 0.0791. The summed E-state index contributed by atoms with van der Waals surface area (Å²) in [4.78, 5) is 10.0. The van der Waals surface area contributed by atoms with Crippen LogP contribution in [0.2, 0.25) is 0 Å². The third-order valence-corrected chi connectivity index (χ3v) is 3.17. The van der Waals surface area contributed by atoms with Crippen LogP contribution in [0.25, 0.3) is 6.08 Å². The molecule has 1 aromatic carbocycles. The molecule has 15 heavy (non-hydrogen) atoms. The van der Waals surface area contributed by atoms with Gasteiger partial charge in [0.25, 0.3) is 0 Å². The molecule has 0 unspecified atom stereocenters. The second-order valence-electron chi connectivity index (χ2n) is 3.08. The van der Waals surface area contributed by atoms with Gasteiger partial charge < -0.3 is 5.32 Å². The first kappa shape index (κ1) is 9.85. The van der Waals surface area contributed by atoms with Gasteiger partial charge in [-0.1, -0.05) is 12.2 Å². The molecule has 1 heterocycles. The summed E-state index contributed by atoms with van der Waals surface area (Å²) in [6.07, 6.45) is 3.67. The first-order valence-electron chi connectivity index (χ1n) is 4.27. The second-order valence-corrected chi connectivity index (χ2v) is 4.65. The van der Waals surface area contributed by atoms with E-state index in [0.29, 0.717) is 6.54 Å². The molecule has 78 valence electrons. The lowest BCUT2D eigenvalue weighted by atomic mass is 10.1. The van der Waals surface area contributed by atoms with E-state index < -0.39 is 10.0 Å². The van der Waals surface area contributed by atoms with Crippen LogP contribution >= 0.6 is 0 Å². The second kappa shape index (κ2) is 3.47. The summed E-state index contributed by atoms with van der Waals surface area (Å²) >= 11 is 0. The van der Waals surface area contributed by atoms with Crippen molar-refractivity contribution in [1.82, 2.24) is 0 Å². The van der Waals surface area contributed by atoms with Crippen LogP contribution in [0.4, 0.5) is 5.69 Å². The Kier molecular flexibility index (Phi) is 2.28.